The van der Waals surface area contributed by atoms with Crippen molar-refractivity contribution in [1.82, 2.24) is 0 Å². The summed E-state index contributed by atoms with van der Waals surface area (Å²) in [6.45, 7) is 5.26. The largest absolute Gasteiger partial charge is 0.427 e. The van der Waals surface area contributed by atoms with Gasteiger partial charge in [-0.2, -0.15) is 0 Å². The Morgan fingerprint density at radius 1 is 0.950 bits per heavy atom. The molecule has 0 fully saturated rings. The molecule has 0 aliphatic heterocycles. The Kier molecular flexibility index (Phi) is 3.99. The smallest absolute Gasteiger partial charge is 0.308 e. The molecule has 0 spiro atoms. The highest BCUT2D eigenvalue weighted by atomic mass is 16.5. The quantitative estimate of drug-likeness (QED) is 0.486. The summed E-state index contributed by atoms with van der Waals surface area (Å²) in [7, 11) is 0. The van der Waals surface area contributed by atoms with Crippen molar-refractivity contribution >= 4 is 11.8 Å². The highest BCUT2D eigenvalue weighted by Crippen LogP contribution is 2.18. The van der Waals surface area contributed by atoms with Crippen molar-refractivity contribution in [1.29, 1.82) is 0 Å². The van der Waals surface area contributed by atoms with Crippen LogP contribution >= 0.6 is 0 Å². The number of carbonyl (C=O) groups excluding carboxylic acids is 2. The number of hydrogen-bond acceptors (Lipinski definition) is 3. The van der Waals surface area contributed by atoms with Crippen LogP contribution in [0.1, 0.15) is 34.0 Å². The van der Waals surface area contributed by atoms with Gasteiger partial charge >= 0.3 is 5.97 Å². The normalized spacial score (nSPS) is 10.2. The summed E-state index contributed by atoms with van der Waals surface area (Å²) in [5.74, 6) is 0.0324. The van der Waals surface area contributed by atoms with E-state index in [0.717, 1.165) is 11.1 Å². The summed E-state index contributed by atoms with van der Waals surface area (Å²) < 4.78 is 4.94. The SMILES string of the molecule is CC(=O)Oc1ccc(C(=O)c2ccc(C)cc2C)cc1. The minimum Gasteiger partial charge on any atom is -0.427 e. The molecule has 0 N–H and O–H groups in total. The first-order chi connectivity index (χ1) is 9.47. The molecule has 0 radical (unpaired) electrons. The summed E-state index contributed by atoms with van der Waals surface area (Å²) in [5, 5.41) is 0. The van der Waals surface area contributed by atoms with Gasteiger partial charge in [0.25, 0.3) is 0 Å². The zero-order valence-electron chi connectivity index (χ0n) is 11.8. The molecule has 0 aliphatic carbocycles. The summed E-state index contributed by atoms with van der Waals surface area (Å²) in [5.41, 5.74) is 3.35. The van der Waals surface area contributed by atoms with Gasteiger partial charge in [0.2, 0.25) is 0 Å². The zero-order chi connectivity index (χ0) is 14.7. The summed E-state index contributed by atoms with van der Waals surface area (Å²) in [6, 6.07) is 12.3. The van der Waals surface area contributed by atoms with Gasteiger partial charge in [-0.15, -0.1) is 0 Å². The van der Waals surface area contributed by atoms with Gasteiger partial charge in [0.1, 0.15) is 5.75 Å². The molecule has 3 nitrogen and oxygen atoms in total. The predicted octanol–water partition coefficient (Wildman–Crippen LogP) is 3.46. The lowest BCUT2D eigenvalue weighted by molar-refractivity contribution is -0.131. The van der Waals surface area contributed by atoms with Crippen molar-refractivity contribution in [3.63, 3.8) is 0 Å². The van der Waals surface area contributed by atoms with Crippen LogP contribution in [0.5, 0.6) is 5.75 Å². The molecule has 0 saturated heterocycles. The fourth-order valence-electron chi connectivity index (χ4n) is 2.06. The average Bonchev–Trinajstić information content (AvgIpc) is 2.38. The van der Waals surface area contributed by atoms with Crippen molar-refractivity contribution in [3.05, 3.63) is 64.7 Å². The van der Waals surface area contributed by atoms with E-state index in [9.17, 15) is 9.59 Å². The highest BCUT2D eigenvalue weighted by molar-refractivity contribution is 6.09. The molecule has 0 aromatic heterocycles. The van der Waals surface area contributed by atoms with E-state index in [1.54, 1.807) is 24.3 Å². The van der Waals surface area contributed by atoms with Crippen LogP contribution in [0.2, 0.25) is 0 Å². The van der Waals surface area contributed by atoms with E-state index < -0.39 is 0 Å². The maximum Gasteiger partial charge on any atom is 0.308 e. The van der Waals surface area contributed by atoms with Crippen molar-refractivity contribution < 1.29 is 14.3 Å². The van der Waals surface area contributed by atoms with Crippen molar-refractivity contribution in [2.45, 2.75) is 20.8 Å². The number of hydrogen-bond donors (Lipinski definition) is 0. The van der Waals surface area contributed by atoms with E-state index >= 15 is 0 Å². The number of rotatable bonds is 3. The molecule has 102 valence electrons. The van der Waals surface area contributed by atoms with Crippen LogP contribution in [-0.4, -0.2) is 11.8 Å². The van der Waals surface area contributed by atoms with Gasteiger partial charge in [-0.05, 0) is 43.7 Å². The molecule has 2 aromatic carbocycles. The first-order valence-electron chi connectivity index (χ1n) is 6.38. The van der Waals surface area contributed by atoms with Crippen LogP contribution in [0.25, 0.3) is 0 Å². The number of carbonyl (C=O) groups is 2. The number of ether oxygens (including phenoxy) is 1. The van der Waals surface area contributed by atoms with Crippen LogP contribution in [0.15, 0.2) is 42.5 Å². The third kappa shape index (κ3) is 3.12. The fourth-order valence-corrected chi connectivity index (χ4v) is 2.06. The second kappa shape index (κ2) is 5.70. The monoisotopic (exact) mass is 268 g/mol. The van der Waals surface area contributed by atoms with Crippen LogP contribution in [0, 0.1) is 13.8 Å². The molecule has 0 amide bonds. The van der Waals surface area contributed by atoms with Gasteiger partial charge in [0.05, 0.1) is 0 Å². The van der Waals surface area contributed by atoms with E-state index in [2.05, 4.69) is 0 Å². The molecule has 0 saturated carbocycles. The van der Waals surface area contributed by atoms with Crippen LogP contribution in [0.3, 0.4) is 0 Å². The Morgan fingerprint density at radius 3 is 2.15 bits per heavy atom. The summed E-state index contributed by atoms with van der Waals surface area (Å²) in [6.07, 6.45) is 0. The molecule has 0 atom stereocenters. The zero-order valence-corrected chi connectivity index (χ0v) is 11.8. The topological polar surface area (TPSA) is 43.4 Å². The number of ketones is 1. The molecule has 0 heterocycles. The van der Waals surface area contributed by atoms with E-state index in [0.29, 0.717) is 16.9 Å². The lowest BCUT2D eigenvalue weighted by atomic mass is 9.97. The Labute approximate surface area is 118 Å². The molecule has 20 heavy (non-hydrogen) atoms. The summed E-state index contributed by atoms with van der Waals surface area (Å²) in [4.78, 5) is 23.2. The molecular weight excluding hydrogens is 252 g/mol. The van der Waals surface area contributed by atoms with Crippen molar-refractivity contribution in [2.75, 3.05) is 0 Å². The Hall–Kier alpha value is -2.42. The lowest BCUT2D eigenvalue weighted by Crippen LogP contribution is -2.05. The van der Waals surface area contributed by atoms with Gasteiger partial charge in [0.15, 0.2) is 5.78 Å². The molecule has 2 rings (SSSR count). The minimum absolute atomic E-state index is 0.0307. The molecule has 2 aromatic rings. The van der Waals surface area contributed by atoms with Crippen LogP contribution < -0.4 is 4.74 Å². The Balaban J connectivity index is 2.27. The fraction of sp³-hybridized carbons (Fsp3) is 0.176. The van der Waals surface area contributed by atoms with Gasteiger partial charge < -0.3 is 4.74 Å². The van der Waals surface area contributed by atoms with Crippen molar-refractivity contribution in [3.8, 4) is 5.75 Å². The lowest BCUT2D eigenvalue weighted by Gasteiger charge is -2.07. The van der Waals surface area contributed by atoms with E-state index in [4.69, 9.17) is 4.74 Å². The van der Waals surface area contributed by atoms with Crippen LogP contribution in [0.4, 0.5) is 0 Å². The number of aryl methyl sites for hydroxylation is 2. The first-order valence-corrected chi connectivity index (χ1v) is 6.38. The van der Waals surface area contributed by atoms with Gasteiger partial charge in [0, 0.05) is 18.1 Å². The maximum absolute atomic E-state index is 12.4. The average molecular weight is 268 g/mol. The summed E-state index contributed by atoms with van der Waals surface area (Å²) >= 11 is 0. The first kappa shape index (κ1) is 14.0. The molecule has 0 aliphatic rings. The highest BCUT2D eigenvalue weighted by Gasteiger charge is 2.12. The number of benzene rings is 2. The van der Waals surface area contributed by atoms with Gasteiger partial charge in [-0.25, -0.2) is 0 Å². The van der Waals surface area contributed by atoms with Gasteiger partial charge in [-0.1, -0.05) is 23.8 Å². The van der Waals surface area contributed by atoms with E-state index in [1.165, 1.54) is 6.92 Å². The molecule has 3 heteroatoms. The minimum atomic E-state index is -0.376. The number of esters is 1. The van der Waals surface area contributed by atoms with Crippen LogP contribution in [-0.2, 0) is 4.79 Å². The van der Waals surface area contributed by atoms with Crippen molar-refractivity contribution in [2.24, 2.45) is 0 Å². The maximum atomic E-state index is 12.4. The standard InChI is InChI=1S/C17H16O3/c1-11-4-9-16(12(2)10-11)17(19)14-5-7-15(8-6-14)20-13(3)18/h4-10H,1-3H3. The Morgan fingerprint density at radius 2 is 1.60 bits per heavy atom. The van der Waals surface area contributed by atoms with E-state index in [1.807, 2.05) is 32.0 Å². The molecule has 0 unspecified atom stereocenters. The molecular formula is C17H16O3. The van der Waals surface area contributed by atoms with Gasteiger partial charge in [-0.3, -0.25) is 9.59 Å². The molecule has 0 bridgehead atoms. The van der Waals surface area contributed by atoms with E-state index in [-0.39, 0.29) is 11.8 Å². The third-order valence-electron chi connectivity index (χ3n) is 3.00. The third-order valence-corrected chi connectivity index (χ3v) is 3.00. The predicted molar refractivity (Wildman–Crippen MR) is 77.1 cm³/mol. The Bertz CT molecular complexity index is 654. The second-order valence-electron chi connectivity index (χ2n) is 4.77. The second-order valence-corrected chi connectivity index (χ2v) is 4.77.